The molecule has 168 valence electrons. The number of nitrogens with one attached hydrogen (secondary N) is 1. The Hall–Kier alpha value is -2.68. The predicted molar refractivity (Wildman–Crippen MR) is 128 cm³/mol. The van der Waals surface area contributed by atoms with E-state index in [4.69, 9.17) is 5.26 Å². The lowest BCUT2D eigenvalue weighted by atomic mass is 10.00. The summed E-state index contributed by atoms with van der Waals surface area (Å²) < 4.78 is 0. The van der Waals surface area contributed by atoms with Gasteiger partial charge in [-0.15, -0.1) is 0 Å². The Balaban J connectivity index is 1.16. The average molecular weight is 431 g/mol. The molecule has 2 aromatic carbocycles. The number of carbonyl (C=O) groups is 1. The SMILES string of the molecule is N#Cc1cccc(-c2ccc(C(=O)NCCCN3CCC(N4CCCCC4)CC3)cc2)c1. The van der Waals surface area contributed by atoms with Crippen molar-refractivity contribution in [1.82, 2.24) is 15.1 Å². The van der Waals surface area contributed by atoms with Crippen molar-refractivity contribution in [3.63, 3.8) is 0 Å². The molecule has 2 aromatic rings. The van der Waals surface area contributed by atoms with Crippen LogP contribution in [0.5, 0.6) is 0 Å². The van der Waals surface area contributed by atoms with E-state index in [9.17, 15) is 4.79 Å². The highest BCUT2D eigenvalue weighted by molar-refractivity contribution is 5.94. The van der Waals surface area contributed by atoms with Gasteiger partial charge in [0.2, 0.25) is 0 Å². The van der Waals surface area contributed by atoms with Crippen molar-refractivity contribution in [1.29, 1.82) is 5.26 Å². The Morgan fingerprint density at radius 2 is 1.72 bits per heavy atom. The van der Waals surface area contributed by atoms with Crippen LogP contribution in [0.15, 0.2) is 48.5 Å². The van der Waals surface area contributed by atoms with Crippen LogP contribution in [0.4, 0.5) is 0 Å². The first-order chi connectivity index (χ1) is 15.7. The van der Waals surface area contributed by atoms with Crippen LogP contribution in [0.25, 0.3) is 11.1 Å². The molecule has 0 unspecified atom stereocenters. The normalized spacial score (nSPS) is 18.2. The highest BCUT2D eigenvalue weighted by Gasteiger charge is 2.25. The third-order valence-electron chi connectivity index (χ3n) is 6.87. The zero-order chi connectivity index (χ0) is 22.2. The molecule has 0 atom stereocenters. The number of nitriles is 1. The summed E-state index contributed by atoms with van der Waals surface area (Å²) >= 11 is 0. The van der Waals surface area contributed by atoms with Gasteiger partial charge in [-0.2, -0.15) is 5.26 Å². The molecule has 0 saturated carbocycles. The van der Waals surface area contributed by atoms with Crippen LogP contribution in [0.1, 0.15) is 54.4 Å². The summed E-state index contributed by atoms with van der Waals surface area (Å²) in [7, 11) is 0. The zero-order valence-corrected chi connectivity index (χ0v) is 18.9. The van der Waals surface area contributed by atoms with E-state index >= 15 is 0 Å². The minimum Gasteiger partial charge on any atom is -0.352 e. The van der Waals surface area contributed by atoms with E-state index in [0.717, 1.165) is 30.1 Å². The van der Waals surface area contributed by atoms with E-state index in [1.165, 1.54) is 58.3 Å². The van der Waals surface area contributed by atoms with Crippen LogP contribution in [-0.4, -0.2) is 61.0 Å². The van der Waals surface area contributed by atoms with Gasteiger partial charge in [-0.25, -0.2) is 0 Å². The molecule has 2 aliphatic heterocycles. The second-order valence-corrected chi connectivity index (χ2v) is 9.05. The highest BCUT2D eigenvalue weighted by atomic mass is 16.1. The van der Waals surface area contributed by atoms with Crippen LogP contribution < -0.4 is 5.32 Å². The first-order valence-electron chi connectivity index (χ1n) is 12.1. The Bertz CT molecular complexity index is 919. The van der Waals surface area contributed by atoms with Crippen LogP contribution >= 0.6 is 0 Å². The average Bonchev–Trinajstić information content (AvgIpc) is 2.87. The van der Waals surface area contributed by atoms with Crippen molar-refractivity contribution >= 4 is 5.91 Å². The van der Waals surface area contributed by atoms with Crippen molar-refractivity contribution < 1.29 is 4.79 Å². The predicted octanol–water partition coefficient (Wildman–Crippen LogP) is 4.30. The van der Waals surface area contributed by atoms with Gasteiger partial charge in [0.05, 0.1) is 11.6 Å². The third-order valence-corrected chi connectivity index (χ3v) is 6.87. The minimum absolute atomic E-state index is 0.0221. The first kappa shape index (κ1) is 22.5. The fourth-order valence-corrected chi connectivity index (χ4v) is 4.98. The molecular weight excluding hydrogens is 396 g/mol. The van der Waals surface area contributed by atoms with Crippen LogP contribution in [0, 0.1) is 11.3 Å². The molecule has 0 aliphatic carbocycles. The number of nitrogens with zero attached hydrogens (tertiary/aromatic N) is 3. The number of carbonyl (C=O) groups excluding carboxylic acids is 1. The number of amides is 1. The molecule has 0 aromatic heterocycles. The van der Waals surface area contributed by atoms with Gasteiger partial charge in [-0.3, -0.25) is 4.79 Å². The number of benzene rings is 2. The van der Waals surface area contributed by atoms with Gasteiger partial charge in [-0.05, 0) is 100 Å². The highest BCUT2D eigenvalue weighted by Crippen LogP contribution is 2.22. The topological polar surface area (TPSA) is 59.4 Å². The molecule has 0 bridgehead atoms. The van der Waals surface area contributed by atoms with Gasteiger partial charge in [0.1, 0.15) is 0 Å². The molecule has 32 heavy (non-hydrogen) atoms. The summed E-state index contributed by atoms with van der Waals surface area (Å²) in [5, 5.41) is 12.1. The second-order valence-electron chi connectivity index (χ2n) is 9.05. The molecule has 5 heteroatoms. The first-order valence-corrected chi connectivity index (χ1v) is 12.1. The van der Waals surface area contributed by atoms with E-state index in [1.54, 1.807) is 6.07 Å². The summed E-state index contributed by atoms with van der Waals surface area (Å²) in [4.78, 5) is 17.8. The molecular formula is C27H34N4O. The summed E-state index contributed by atoms with van der Waals surface area (Å²) in [6.07, 6.45) is 7.71. The van der Waals surface area contributed by atoms with Crippen molar-refractivity contribution in [2.75, 3.05) is 39.3 Å². The molecule has 2 aliphatic rings. The fourth-order valence-electron chi connectivity index (χ4n) is 4.98. The maximum Gasteiger partial charge on any atom is 0.251 e. The van der Waals surface area contributed by atoms with Crippen molar-refractivity contribution in [3.8, 4) is 17.2 Å². The lowest BCUT2D eigenvalue weighted by Crippen LogP contribution is -2.47. The van der Waals surface area contributed by atoms with Crippen LogP contribution in [0.2, 0.25) is 0 Å². The standard InChI is InChI=1S/C27H34N4O/c28-21-22-6-4-7-25(20-22)23-8-10-24(11-9-23)27(32)29-14-5-15-30-18-12-26(13-19-30)31-16-2-1-3-17-31/h4,6-11,20,26H,1-3,5,12-19H2,(H,29,32). The van der Waals surface area contributed by atoms with E-state index in [1.807, 2.05) is 42.5 Å². The molecule has 0 spiro atoms. The van der Waals surface area contributed by atoms with E-state index in [0.29, 0.717) is 17.7 Å². The van der Waals surface area contributed by atoms with Crippen LogP contribution in [-0.2, 0) is 0 Å². The molecule has 2 saturated heterocycles. The molecule has 2 heterocycles. The number of hydrogen-bond acceptors (Lipinski definition) is 4. The van der Waals surface area contributed by atoms with Gasteiger partial charge >= 0.3 is 0 Å². The number of hydrogen-bond donors (Lipinski definition) is 1. The van der Waals surface area contributed by atoms with Gasteiger partial charge in [0, 0.05) is 18.2 Å². The summed E-state index contributed by atoms with van der Waals surface area (Å²) in [6, 6.07) is 18.1. The summed E-state index contributed by atoms with van der Waals surface area (Å²) in [6.45, 7) is 6.72. The Morgan fingerprint density at radius 1 is 0.969 bits per heavy atom. The van der Waals surface area contributed by atoms with Gasteiger partial charge < -0.3 is 15.1 Å². The van der Waals surface area contributed by atoms with E-state index < -0.39 is 0 Å². The monoisotopic (exact) mass is 430 g/mol. The Morgan fingerprint density at radius 3 is 2.44 bits per heavy atom. The lowest BCUT2D eigenvalue weighted by Gasteiger charge is -2.40. The fraction of sp³-hybridized carbons (Fsp3) is 0.481. The number of piperidine rings is 2. The maximum absolute atomic E-state index is 12.5. The molecule has 5 nitrogen and oxygen atoms in total. The largest absolute Gasteiger partial charge is 0.352 e. The number of likely N-dealkylation sites (tertiary alicyclic amines) is 2. The van der Waals surface area contributed by atoms with Crippen molar-refractivity contribution in [2.45, 2.75) is 44.6 Å². The Kier molecular flexibility index (Phi) is 7.92. The Labute approximate surface area is 192 Å². The zero-order valence-electron chi connectivity index (χ0n) is 18.9. The van der Waals surface area contributed by atoms with E-state index in [-0.39, 0.29) is 5.91 Å². The molecule has 2 fully saturated rings. The molecule has 1 amide bonds. The number of rotatable bonds is 7. The van der Waals surface area contributed by atoms with Crippen molar-refractivity contribution in [3.05, 3.63) is 59.7 Å². The van der Waals surface area contributed by atoms with E-state index in [2.05, 4.69) is 21.2 Å². The van der Waals surface area contributed by atoms with Gasteiger partial charge in [-0.1, -0.05) is 30.7 Å². The van der Waals surface area contributed by atoms with Crippen LogP contribution in [0.3, 0.4) is 0 Å². The minimum atomic E-state index is -0.0221. The third kappa shape index (κ3) is 5.97. The molecule has 1 N–H and O–H groups in total. The van der Waals surface area contributed by atoms with Crippen molar-refractivity contribution in [2.24, 2.45) is 0 Å². The summed E-state index contributed by atoms with van der Waals surface area (Å²) in [5.74, 6) is -0.0221. The van der Waals surface area contributed by atoms with Gasteiger partial charge in [0.15, 0.2) is 0 Å². The maximum atomic E-state index is 12.5. The quantitative estimate of drug-likeness (QED) is 0.666. The molecule has 4 rings (SSSR count). The molecule has 0 radical (unpaired) electrons. The second kappa shape index (κ2) is 11.3. The summed E-state index contributed by atoms with van der Waals surface area (Å²) in [5.41, 5.74) is 3.30. The van der Waals surface area contributed by atoms with Gasteiger partial charge in [0.25, 0.3) is 5.91 Å². The lowest BCUT2D eigenvalue weighted by molar-refractivity contribution is 0.0903. The smallest absolute Gasteiger partial charge is 0.251 e.